The molecule has 3 aromatic rings. The van der Waals surface area contributed by atoms with E-state index in [0.29, 0.717) is 17.1 Å². The van der Waals surface area contributed by atoms with Gasteiger partial charge in [-0.2, -0.15) is 9.64 Å². The van der Waals surface area contributed by atoms with Gasteiger partial charge in [-0.3, -0.25) is 0 Å². The van der Waals surface area contributed by atoms with Gasteiger partial charge in [-0.05, 0) is 30.1 Å². The van der Waals surface area contributed by atoms with Crippen LogP contribution in [0.25, 0.3) is 11.0 Å². The summed E-state index contributed by atoms with van der Waals surface area (Å²) in [7, 11) is 0. The highest BCUT2D eigenvalue weighted by atomic mass is 35.5. The normalized spacial score (nSPS) is 10.7. The van der Waals surface area contributed by atoms with Gasteiger partial charge in [-0.1, -0.05) is 23.7 Å². The summed E-state index contributed by atoms with van der Waals surface area (Å²) in [5.74, 6) is 0.808. The Labute approximate surface area is 124 Å². The van der Waals surface area contributed by atoms with Gasteiger partial charge in [0.15, 0.2) is 5.15 Å². The van der Waals surface area contributed by atoms with Crippen LogP contribution in [0.5, 0.6) is 0 Å². The molecule has 5 nitrogen and oxygen atoms in total. The Bertz CT molecular complexity index is 814. The summed E-state index contributed by atoms with van der Waals surface area (Å²) in [5, 5.41) is 13.0. The molecule has 0 amide bonds. The van der Waals surface area contributed by atoms with E-state index in [0.717, 1.165) is 22.4 Å². The molecule has 0 radical (unpaired) electrons. The zero-order chi connectivity index (χ0) is 14.1. The fraction of sp³-hybridized carbons (Fsp3) is 0.154. The van der Waals surface area contributed by atoms with Gasteiger partial charge in [0.1, 0.15) is 22.5 Å². The van der Waals surface area contributed by atoms with E-state index in [1.165, 1.54) is 11.5 Å². The number of nitriles is 1. The first-order valence-electron chi connectivity index (χ1n) is 5.92. The average molecular weight is 304 g/mol. The predicted octanol–water partition coefficient (Wildman–Crippen LogP) is 3.47. The SMILES string of the molecule is Cc1cccc2[nH]c(CNc3snc(Cl)c3C#N)nc12. The molecule has 3 rings (SSSR count). The van der Waals surface area contributed by atoms with E-state index in [1.807, 2.05) is 31.2 Å². The van der Waals surface area contributed by atoms with Crippen LogP contribution in [-0.4, -0.2) is 14.3 Å². The van der Waals surface area contributed by atoms with Gasteiger partial charge >= 0.3 is 0 Å². The molecule has 7 heteroatoms. The Kier molecular flexibility index (Phi) is 3.30. The monoisotopic (exact) mass is 303 g/mol. The van der Waals surface area contributed by atoms with Crippen molar-refractivity contribution < 1.29 is 0 Å². The first-order valence-corrected chi connectivity index (χ1v) is 7.07. The summed E-state index contributed by atoms with van der Waals surface area (Å²) >= 11 is 7.00. The molecule has 0 saturated heterocycles. The van der Waals surface area contributed by atoms with Crippen molar-refractivity contribution in [3.63, 3.8) is 0 Å². The van der Waals surface area contributed by atoms with Crippen molar-refractivity contribution in [2.45, 2.75) is 13.5 Å². The lowest BCUT2D eigenvalue weighted by Crippen LogP contribution is -2.00. The summed E-state index contributed by atoms with van der Waals surface area (Å²) in [6, 6.07) is 8.04. The first kappa shape index (κ1) is 12.9. The zero-order valence-corrected chi connectivity index (χ0v) is 12.1. The molecule has 0 aliphatic heterocycles. The average Bonchev–Trinajstić information content (AvgIpc) is 3.00. The fourth-order valence-electron chi connectivity index (χ4n) is 1.96. The molecule has 2 aromatic heterocycles. The maximum atomic E-state index is 9.00. The Balaban J connectivity index is 1.84. The number of aromatic amines is 1. The number of aromatic nitrogens is 3. The Morgan fingerprint density at radius 3 is 3.10 bits per heavy atom. The van der Waals surface area contributed by atoms with E-state index in [9.17, 15) is 0 Å². The van der Waals surface area contributed by atoms with Crippen molar-refractivity contribution >= 4 is 39.2 Å². The number of aryl methyl sites for hydroxylation is 1. The van der Waals surface area contributed by atoms with E-state index in [-0.39, 0.29) is 5.15 Å². The molecule has 0 saturated carbocycles. The number of hydrogen-bond acceptors (Lipinski definition) is 5. The summed E-state index contributed by atoms with van der Waals surface area (Å²) in [4.78, 5) is 7.79. The van der Waals surface area contributed by atoms with Crippen LogP contribution < -0.4 is 5.32 Å². The Hall–Kier alpha value is -2.10. The van der Waals surface area contributed by atoms with E-state index in [4.69, 9.17) is 16.9 Å². The molecule has 0 atom stereocenters. The highest BCUT2D eigenvalue weighted by molar-refractivity contribution is 7.10. The molecule has 2 N–H and O–H groups in total. The van der Waals surface area contributed by atoms with Crippen molar-refractivity contribution in [3.05, 3.63) is 40.3 Å². The summed E-state index contributed by atoms with van der Waals surface area (Å²) < 4.78 is 3.95. The first-order chi connectivity index (χ1) is 9.69. The van der Waals surface area contributed by atoms with Gasteiger partial charge in [-0.25, -0.2) is 4.98 Å². The van der Waals surface area contributed by atoms with Crippen molar-refractivity contribution in [3.8, 4) is 6.07 Å². The lowest BCUT2D eigenvalue weighted by molar-refractivity contribution is 1.01. The number of imidazole rings is 1. The second-order valence-corrected chi connectivity index (χ2v) is 5.43. The Morgan fingerprint density at radius 1 is 1.50 bits per heavy atom. The molecule has 20 heavy (non-hydrogen) atoms. The number of H-pyrrole nitrogens is 1. The third kappa shape index (κ3) is 2.22. The van der Waals surface area contributed by atoms with Crippen LogP contribution in [0.2, 0.25) is 5.15 Å². The number of anilines is 1. The molecular formula is C13H10ClN5S. The van der Waals surface area contributed by atoms with Gasteiger partial charge in [0.2, 0.25) is 0 Å². The van der Waals surface area contributed by atoms with E-state index in [1.54, 1.807) is 0 Å². The maximum Gasteiger partial charge on any atom is 0.162 e. The fourth-order valence-corrected chi connectivity index (χ4v) is 2.89. The molecule has 0 spiro atoms. The second-order valence-electron chi connectivity index (χ2n) is 4.30. The molecule has 1 aromatic carbocycles. The number of para-hydroxylation sites is 1. The molecule has 0 bridgehead atoms. The maximum absolute atomic E-state index is 9.00. The topological polar surface area (TPSA) is 77.4 Å². The Morgan fingerprint density at radius 2 is 2.35 bits per heavy atom. The highest BCUT2D eigenvalue weighted by Crippen LogP contribution is 2.27. The molecule has 100 valence electrons. The number of benzene rings is 1. The van der Waals surface area contributed by atoms with Gasteiger partial charge in [0.25, 0.3) is 0 Å². The van der Waals surface area contributed by atoms with Gasteiger partial charge in [-0.15, -0.1) is 0 Å². The standard InChI is InChI=1S/C13H10ClN5S/c1-7-3-2-4-9-11(7)18-10(17-9)6-16-13-8(5-15)12(14)19-20-13/h2-4,16H,6H2,1H3,(H,17,18). The quantitative estimate of drug-likeness (QED) is 0.776. The number of rotatable bonds is 3. The van der Waals surface area contributed by atoms with Crippen molar-refractivity contribution in [1.29, 1.82) is 5.26 Å². The number of nitrogens with zero attached hydrogens (tertiary/aromatic N) is 3. The van der Waals surface area contributed by atoms with E-state index in [2.05, 4.69) is 19.7 Å². The number of fused-ring (bicyclic) bond motifs is 1. The highest BCUT2D eigenvalue weighted by Gasteiger charge is 2.12. The van der Waals surface area contributed by atoms with Crippen LogP contribution >= 0.6 is 23.1 Å². The van der Waals surface area contributed by atoms with Crippen LogP contribution in [0.15, 0.2) is 18.2 Å². The minimum atomic E-state index is 0.237. The van der Waals surface area contributed by atoms with Crippen LogP contribution in [-0.2, 0) is 6.54 Å². The van der Waals surface area contributed by atoms with Crippen LogP contribution in [0.4, 0.5) is 5.00 Å². The molecule has 0 aliphatic rings. The molecule has 0 unspecified atom stereocenters. The van der Waals surface area contributed by atoms with Crippen molar-refractivity contribution in [1.82, 2.24) is 14.3 Å². The smallest absolute Gasteiger partial charge is 0.162 e. The zero-order valence-electron chi connectivity index (χ0n) is 10.6. The van der Waals surface area contributed by atoms with Gasteiger partial charge in [0, 0.05) is 0 Å². The summed E-state index contributed by atoms with van der Waals surface area (Å²) in [6.07, 6.45) is 0. The van der Waals surface area contributed by atoms with Crippen LogP contribution in [0.3, 0.4) is 0 Å². The summed E-state index contributed by atoms with van der Waals surface area (Å²) in [6.45, 7) is 2.51. The third-order valence-electron chi connectivity index (χ3n) is 2.94. The van der Waals surface area contributed by atoms with Gasteiger partial charge < -0.3 is 10.3 Å². The summed E-state index contributed by atoms with van der Waals surface area (Å²) in [5.41, 5.74) is 3.48. The third-order valence-corrected chi connectivity index (χ3v) is 4.12. The lowest BCUT2D eigenvalue weighted by Gasteiger charge is -1.99. The predicted molar refractivity (Wildman–Crippen MR) is 80.0 cm³/mol. The molecule has 0 aliphatic carbocycles. The number of halogens is 1. The number of nitrogens with one attached hydrogen (secondary N) is 2. The van der Waals surface area contributed by atoms with Crippen LogP contribution in [0.1, 0.15) is 17.0 Å². The molecule has 0 fully saturated rings. The molecular weight excluding hydrogens is 294 g/mol. The minimum Gasteiger partial charge on any atom is -0.367 e. The minimum absolute atomic E-state index is 0.237. The van der Waals surface area contributed by atoms with Crippen LogP contribution in [0, 0.1) is 18.3 Å². The van der Waals surface area contributed by atoms with E-state index >= 15 is 0 Å². The second kappa shape index (κ2) is 5.12. The lowest BCUT2D eigenvalue weighted by atomic mass is 10.2. The van der Waals surface area contributed by atoms with Crippen molar-refractivity contribution in [2.75, 3.05) is 5.32 Å². The van der Waals surface area contributed by atoms with Gasteiger partial charge in [0.05, 0.1) is 17.6 Å². The molecule has 2 heterocycles. The largest absolute Gasteiger partial charge is 0.367 e. The van der Waals surface area contributed by atoms with E-state index < -0.39 is 0 Å². The number of hydrogen-bond donors (Lipinski definition) is 2. The van der Waals surface area contributed by atoms with Crippen molar-refractivity contribution in [2.24, 2.45) is 0 Å².